The lowest BCUT2D eigenvalue weighted by Crippen LogP contribution is -2.50. The summed E-state index contributed by atoms with van der Waals surface area (Å²) in [5, 5.41) is 14.6. The zero-order chi connectivity index (χ0) is 33.8. The smallest absolute Gasteiger partial charge is 0.159 e. The Balaban J connectivity index is 1.36. The maximum atomic E-state index is 13.5. The van der Waals surface area contributed by atoms with Crippen molar-refractivity contribution in [2.75, 3.05) is 24.0 Å². The van der Waals surface area contributed by atoms with Crippen molar-refractivity contribution in [2.45, 2.75) is 55.5 Å². The Labute approximate surface area is 287 Å². The van der Waals surface area contributed by atoms with Crippen LogP contribution in [-0.4, -0.2) is 36.2 Å². The molecule has 5 aromatic carbocycles. The second kappa shape index (κ2) is 12.0. The Hall–Kier alpha value is -4.92. The molecule has 2 heterocycles. The average Bonchev–Trinajstić information content (AvgIpc) is 3.26. The van der Waals surface area contributed by atoms with Crippen LogP contribution in [-0.2, 0) is 5.21 Å². The van der Waals surface area contributed by atoms with E-state index in [0.29, 0.717) is 5.84 Å². The van der Waals surface area contributed by atoms with Crippen LogP contribution in [0.15, 0.2) is 124 Å². The van der Waals surface area contributed by atoms with Crippen LogP contribution in [0.4, 0.5) is 34.1 Å². The number of nitrogens with zero attached hydrogens (tertiary/aromatic N) is 4. The fourth-order valence-corrected chi connectivity index (χ4v) is 7.23. The minimum atomic E-state index is -0.660. The minimum Gasteiger partial charge on any atom is -0.497 e. The molecule has 0 N–H and O–H groups in total. The number of aryl methyl sites for hydroxylation is 1. The van der Waals surface area contributed by atoms with Gasteiger partial charge < -0.3 is 19.3 Å². The number of hydrogen-bond acceptors (Lipinski definition) is 7. The quantitative estimate of drug-likeness (QED) is 0.171. The Kier molecular flexibility index (Phi) is 7.89. The summed E-state index contributed by atoms with van der Waals surface area (Å²) in [6.07, 6.45) is 0. The van der Waals surface area contributed by atoms with E-state index in [2.05, 4.69) is 95.6 Å². The summed E-state index contributed by atoms with van der Waals surface area (Å²) in [7, 11) is 3.35. The van der Waals surface area contributed by atoms with Gasteiger partial charge in [-0.2, -0.15) is 5.06 Å². The minimum absolute atomic E-state index is 0.472. The van der Waals surface area contributed by atoms with E-state index in [-0.39, 0.29) is 0 Å². The van der Waals surface area contributed by atoms with Gasteiger partial charge in [-0.3, -0.25) is 4.99 Å². The van der Waals surface area contributed by atoms with Crippen molar-refractivity contribution < 1.29 is 14.7 Å². The van der Waals surface area contributed by atoms with Crippen LogP contribution in [0.5, 0.6) is 11.5 Å². The Morgan fingerprint density at radius 1 is 0.667 bits per heavy atom. The van der Waals surface area contributed by atoms with Crippen LogP contribution in [0.25, 0.3) is 0 Å². The van der Waals surface area contributed by atoms with E-state index in [4.69, 9.17) is 14.5 Å². The van der Waals surface area contributed by atoms with Gasteiger partial charge in [-0.05, 0) is 132 Å². The monoisotopic (exact) mass is 655 g/mol. The normalized spacial score (nSPS) is 15.8. The van der Waals surface area contributed by atoms with Crippen molar-refractivity contribution in [1.82, 2.24) is 5.06 Å². The molecule has 2 aliphatic rings. The van der Waals surface area contributed by atoms with E-state index in [1.54, 1.807) is 26.0 Å². The fourth-order valence-electron chi connectivity index (χ4n) is 6.10. The Morgan fingerprint density at radius 2 is 1.19 bits per heavy atom. The number of hydroxylamine groups is 2. The first-order chi connectivity index (χ1) is 23.0. The van der Waals surface area contributed by atoms with Crippen LogP contribution >= 0.6 is 11.8 Å². The second-order valence-corrected chi connectivity index (χ2v) is 14.3. The predicted molar refractivity (Wildman–Crippen MR) is 195 cm³/mol. The van der Waals surface area contributed by atoms with Crippen LogP contribution in [0.1, 0.15) is 38.8 Å². The zero-order valence-electron chi connectivity index (χ0n) is 28.3. The molecule has 0 spiro atoms. The van der Waals surface area contributed by atoms with E-state index in [1.165, 1.54) is 5.56 Å². The summed E-state index contributed by atoms with van der Waals surface area (Å²) in [6.45, 7) is 10.1. The van der Waals surface area contributed by atoms with Crippen molar-refractivity contribution in [3.05, 3.63) is 120 Å². The lowest BCUT2D eigenvalue weighted by Gasteiger charge is -2.36. The Morgan fingerprint density at radius 3 is 1.71 bits per heavy atom. The van der Waals surface area contributed by atoms with E-state index in [0.717, 1.165) is 66.0 Å². The van der Waals surface area contributed by atoms with Gasteiger partial charge in [0.2, 0.25) is 0 Å². The largest absolute Gasteiger partial charge is 0.497 e. The lowest BCUT2D eigenvalue weighted by atomic mass is 9.84. The molecular weight excluding hydrogens is 617 g/mol. The van der Waals surface area contributed by atoms with Gasteiger partial charge in [-0.15, -0.1) is 0 Å². The zero-order valence-corrected chi connectivity index (χ0v) is 29.1. The molecule has 0 aliphatic carbocycles. The number of methoxy groups -OCH3 is 2. The van der Waals surface area contributed by atoms with Crippen molar-refractivity contribution in [1.29, 1.82) is 0 Å². The third-order valence-electron chi connectivity index (χ3n) is 9.66. The summed E-state index contributed by atoms with van der Waals surface area (Å²) < 4.78 is 10.9. The highest BCUT2D eigenvalue weighted by molar-refractivity contribution is 7.99. The van der Waals surface area contributed by atoms with Gasteiger partial charge in [0, 0.05) is 38.1 Å². The van der Waals surface area contributed by atoms with Crippen LogP contribution in [0, 0.1) is 6.92 Å². The maximum absolute atomic E-state index is 13.5. The number of aliphatic imine (C=N–C) groups is 1. The van der Waals surface area contributed by atoms with Gasteiger partial charge in [-0.25, -0.2) is 0 Å². The molecule has 7 rings (SSSR count). The molecule has 0 saturated heterocycles. The topological polar surface area (TPSA) is 60.4 Å². The molecule has 0 atom stereocenters. The van der Waals surface area contributed by atoms with Crippen molar-refractivity contribution in [3.8, 4) is 11.5 Å². The molecule has 0 saturated carbocycles. The van der Waals surface area contributed by atoms with Crippen LogP contribution in [0.2, 0.25) is 0 Å². The standard InChI is InChI=1S/C40H39N4O3S/c1-26-8-11-30(12-9-26)43-34-22-10-27(38-41-39(2,3)40(4,5)44(38)45)24-36(34)48-37-25-31(17-23-35(37)43)42(28-13-18-32(46-6)19-14-28)29-15-20-33(47-7)21-16-29/h8-25H,1-7H3. The molecular formula is C40H39N4O3S. The van der Waals surface area contributed by atoms with E-state index < -0.39 is 11.1 Å². The summed E-state index contributed by atoms with van der Waals surface area (Å²) in [5.41, 5.74) is 7.06. The van der Waals surface area contributed by atoms with Gasteiger partial charge in [0.15, 0.2) is 5.84 Å². The number of amidine groups is 1. The summed E-state index contributed by atoms with van der Waals surface area (Å²) in [4.78, 5) is 11.6. The molecule has 0 aromatic heterocycles. The lowest BCUT2D eigenvalue weighted by molar-refractivity contribution is -0.158. The van der Waals surface area contributed by atoms with E-state index >= 15 is 0 Å². The molecule has 0 unspecified atom stereocenters. The van der Waals surface area contributed by atoms with Gasteiger partial charge in [-0.1, -0.05) is 34.7 Å². The molecule has 1 radical (unpaired) electrons. The highest BCUT2D eigenvalue weighted by atomic mass is 32.2. The van der Waals surface area contributed by atoms with Crippen molar-refractivity contribution in [2.24, 2.45) is 4.99 Å². The maximum Gasteiger partial charge on any atom is 0.159 e. The average molecular weight is 656 g/mol. The van der Waals surface area contributed by atoms with Gasteiger partial charge in [0.25, 0.3) is 0 Å². The van der Waals surface area contributed by atoms with Crippen LogP contribution < -0.4 is 19.3 Å². The first-order valence-electron chi connectivity index (χ1n) is 16.0. The van der Waals surface area contributed by atoms with Crippen LogP contribution in [0.3, 0.4) is 0 Å². The van der Waals surface area contributed by atoms with Gasteiger partial charge in [0.1, 0.15) is 11.5 Å². The number of ether oxygens (including phenoxy) is 2. The first kappa shape index (κ1) is 31.7. The van der Waals surface area contributed by atoms with Crippen molar-refractivity contribution >= 4 is 51.7 Å². The molecule has 5 aromatic rings. The molecule has 8 heteroatoms. The molecule has 243 valence electrons. The highest BCUT2D eigenvalue weighted by Crippen LogP contribution is 2.53. The van der Waals surface area contributed by atoms with Gasteiger partial charge >= 0.3 is 0 Å². The van der Waals surface area contributed by atoms with Gasteiger partial charge in [0.05, 0.1) is 36.7 Å². The fraction of sp³-hybridized carbons (Fsp3) is 0.225. The molecule has 48 heavy (non-hydrogen) atoms. The number of rotatable bonds is 7. The number of benzene rings is 5. The summed E-state index contributed by atoms with van der Waals surface area (Å²) >= 11 is 1.71. The summed E-state index contributed by atoms with van der Waals surface area (Å²) in [6, 6.07) is 37.6. The third kappa shape index (κ3) is 5.35. The molecule has 2 aliphatic heterocycles. The highest BCUT2D eigenvalue weighted by Gasteiger charge is 2.50. The van der Waals surface area contributed by atoms with Crippen molar-refractivity contribution in [3.63, 3.8) is 0 Å². The number of anilines is 6. The number of hydrogen-bond donors (Lipinski definition) is 0. The molecule has 0 amide bonds. The number of fused-ring (bicyclic) bond motifs is 2. The third-order valence-corrected chi connectivity index (χ3v) is 10.8. The first-order valence-corrected chi connectivity index (χ1v) is 16.8. The molecule has 0 fully saturated rings. The second-order valence-electron chi connectivity index (χ2n) is 13.2. The molecule has 7 nitrogen and oxygen atoms in total. The van der Waals surface area contributed by atoms with E-state index in [9.17, 15) is 5.21 Å². The summed E-state index contributed by atoms with van der Waals surface area (Å²) in [5.74, 6) is 2.07. The van der Waals surface area contributed by atoms with E-state index in [1.807, 2.05) is 58.0 Å². The predicted octanol–water partition coefficient (Wildman–Crippen LogP) is 10.4. The molecule has 0 bridgehead atoms. The SMILES string of the molecule is COc1ccc(N(c2ccc(OC)cc2)c2ccc3c(c2)Sc2cc(C4=NC(C)(C)C(C)(C)N4[O])ccc2N3c2ccc(C)cc2)cc1. The Bertz CT molecular complexity index is 1960.